The zero-order valence-corrected chi connectivity index (χ0v) is 6.72. The van der Waals surface area contributed by atoms with Gasteiger partial charge >= 0.3 is 0 Å². The predicted molar refractivity (Wildman–Crippen MR) is 43.3 cm³/mol. The van der Waals surface area contributed by atoms with Crippen LogP contribution in [0.2, 0.25) is 0 Å². The molecule has 0 bridgehead atoms. The van der Waals surface area contributed by atoms with E-state index in [1.807, 2.05) is 5.41 Å². The first-order valence-electron chi connectivity index (χ1n) is 2.73. The lowest BCUT2D eigenvalue weighted by atomic mass is 10.8. The second kappa shape index (κ2) is 3.15. The Kier molecular flexibility index (Phi) is 3.17. The minimum Gasteiger partial charge on any atom is -0.278 e. The second-order valence-electron chi connectivity index (χ2n) is 2.07. The molecule has 0 saturated heterocycles. The maximum absolute atomic E-state index is 3.73. The molecule has 0 fully saturated rings. The van der Waals surface area contributed by atoms with Crippen LogP contribution >= 0.6 is 10.2 Å². The number of hydrogen-bond donors (Lipinski definition) is 1. The predicted octanol–water partition coefficient (Wildman–Crippen LogP) is 1.72. The van der Waals surface area contributed by atoms with Crippen molar-refractivity contribution in [2.75, 3.05) is 19.1 Å². The molecule has 0 aromatic rings. The molecule has 0 spiro atoms. The van der Waals surface area contributed by atoms with Crippen LogP contribution in [0.15, 0.2) is 12.0 Å². The van der Waals surface area contributed by atoms with E-state index in [9.17, 15) is 0 Å². The van der Waals surface area contributed by atoms with Gasteiger partial charge in [-0.2, -0.15) is 10.2 Å². The maximum Gasteiger partial charge on any atom is 0.00180 e. The van der Waals surface area contributed by atoms with E-state index in [2.05, 4.69) is 30.7 Å². The zero-order valence-electron chi connectivity index (χ0n) is 5.90. The summed E-state index contributed by atoms with van der Waals surface area (Å²) in [5.41, 5.74) is 0. The molecule has 0 aromatic heterocycles. The molecule has 0 heterocycles. The van der Waals surface area contributed by atoms with Gasteiger partial charge in [0.1, 0.15) is 0 Å². The first-order chi connectivity index (χ1) is 3.62. The summed E-state index contributed by atoms with van der Waals surface area (Å²) in [6.07, 6.45) is 4.37. The monoisotopic (exact) mass is 133 g/mol. The van der Waals surface area contributed by atoms with Gasteiger partial charge in [0.05, 0.1) is 0 Å². The van der Waals surface area contributed by atoms with Crippen molar-refractivity contribution in [2.24, 2.45) is 0 Å². The van der Waals surface area contributed by atoms with Crippen LogP contribution in [0.1, 0.15) is 6.92 Å². The molecule has 0 aliphatic rings. The Balaban J connectivity index is 3.53. The summed E-state index contributed by atoms with van der Waals surface area (Å²) >= 11 is 0. The summed E-state index contributed by atoms with van der Waals surface area (Å²) in [5, 5.41) is 2.00. The van der Waals surface area contributed by atoms with Crippen LogP contribution < -0.4 is 4.72 Å². The van der Waals surface area contributed by atoms with E-state index in [0.29, 0.717) is 0 Å². The Hall–Kier alpha value is 0.0500. The van der Waals surface area contributed by atoms with Crippen LogP contribution in [0.4, 0.5) is 0 Å². The molecule has 0 rings (SSSR count). The van der Waals surface area contributed by atoms with Crippen molar-refractivity contribution >= 4 is 10.2 Å². The highest BCUT2D eigenvalue weighted by atomic mass is 32.3. The Morgan fingerprint density at radius 2 is 2.12 bits per heavy atom. The number of nitrogens with one attached hydrogen (secondary N) is 1. The van der Waals surface area contributed by atoms with Gasteiger partial charge in [0.15, 0.2) is 0 Å². The average Bonchev–Trinajstić information content (AvgIpc) is 1.67. The fraction of sp³-hybridized carbons (Fsp3) is 0.667. The van der Waals surface area contributed by atoms with Crippen molar-refractivity contribution in [2.45, 2.75) is 6.92 Å². The molecule has 0 saturated carbocycles. The Morgan fingerprint density at radius 1 is 1.62 bits per heavy atom. The maximum atomic E-state index is 3.73. The average molecular weight is 133 g/mol. The summed E-state index contributed by atoms with van der Waals surface area (Å²) in [7, 11) is -0.656. The molecule has 0 amide bonds. The third-order valence-electron chi connectivity index (χ3n) is 0.933. The standard InChI is InChI=1S/C6H15NS/c1-5-7-8(3,4)6-2/h6-7H,2,5H2,1,3-4H3. The summed E-state index contributed by atoms with van der Waals surface area (Å²) < 4.78 is 3.34. The first-order valence-corrected chi connectivity index (χ1v) is 5.24. The van der Waals surface area contributed by atoms with Crippen molar-refractivity contribution in [1.82, 2.24) is 4.72 Å². The minimum absolute atomic E-state index is 0.656. The van der Waals surface area contributed by atoms with Gasteiger partial charge in [-0.3, -0.25) is 4.72 Å². The highest BCUT2D eigenvalue weighted by molar-refractivity contribution is 8.33. The molecule has 50 valence electrons. The van der Waals surface area contributed by atoms with Crippen LogP contribution in [-0.4, -0.2) is 19.1 Å². The van der Waals surface area contributed by atoms with Gasteiger partial charge in [-0.1, -0.05) is 13.5 Å². The molecule has 8 heavy (non-hydrogen) atoms. The van der Waals surface area contributed by atoms with Crippen LogP contribution in [0, 0.1) is 0 Å². The summed E-state index contributed by atoms with van der Waals surface area (Å²) in [5.74, 6) is 0. The third kappa shape index (κ3) is 3.10. The van der Waals surface area contributed by atoms with E-state index in [-0.39, 0.29) is 0 Å². The third-order valence-corrected chi connectivity index (χ3v) is 2.80. The second-order valence-corrected chi connectivity index (χ2v) is 5.50. The Labute approximate surface area is 53.6 Å². The molecule has 0 aliphatic heterocycles. The largest absolute Gasteiger partial charge is 0.278 e. The number of hydrogen-bond acceptors (Lipinski definition) is 1. The Bertz CT molecular complexity index is 78.6. The lowest BCUT2D eigenvalue weighted by Crippen LogP contribution is -2.15. The van der Waals surface area contributed by atoms with Crippen LogP contribution in [0.25, 0.3) is 0 Å². The van der Waals surface area contributed by atoms with Crippen LogP contribution in [0.5, 0.6) is 0 Å². The highest BCUT2D eigenvalue weighted by Gasteiger charge is 2.00. The molecule has 0 atom stereocenters. The van der Waals surface area contributed by atoms with E-state index >= 15 is 0 Å². The smallest absolute Gasteiger partial charge is 0.00180 e. The quantitative estimate of drug-likeness (QED) is 0.618. The van der Waals surface area contributed by atoms with Crippen molar-refractivity contribution in [3.05, 3.63) is 12.0 Å². The molecular weight excluding hydrogens is 118 g/mol. The van der Waals surface area contributed by atoms with Gasteiger partial charge < -0.3 is 0 Å². The summed E-state index contributed by atoms with van der Waals surface area (Å²) in [6, 6.07) is 0. The van der Waals surface area contributed by atoms with E-state index in [1.54, 1.807) is 0 Å². The fourth-order valence-corrected chi connectivity index (χ4v) is 1.29. The van der Waals surface area contributed by atoms with Crippen molar-refractivity contribution < 1.29 is 0 Å². The van der Waals surface area contributed by atoms with Gasteiger partial charge in [0, 0.05) is 6.54 Å². The SMILES string of the molecule is C=CS(C)(C)NCC. The van der Waals surface area contributed by atoms with E-state index in [4.69, 9.17) is 0 Å². The molecule has 1 N–H and O–H groups in total. The van der Waals surface area contributed by atoms with E-state index < -0.39 is 10.2 Å². The normalized spacial score (nSPS) is 13.4. The van der Waals surface area contributed by atoms with Crippen LogP contribution in [-0.2, 0) is 0 Å². The molecule has 1 nitrogen and oxygen atoms in total. The van der Waals surface area contributed by atoms with Crippen molar-refractivity contribution in [3.8, 4) is 0 Å². The molecule has 2 heteroatoms. The van der Waals surface area contributed by atoms with Gasteiger partial charge in [-0.25, -0.2) is 0 Å². The minimum atomic E-state index is -0.656. The lowest BCUT2D eigenvalue weighted by Gasteiger charge is -2.26. The molecular formula is C6H15NS. The van der Waals surface area contributed by atoms with Gasteiger partial charge in [0.2, 0.25) is 0 Å². The highest BCUT2D eigenvalue weighted by Crippen LogP contribution is 2.34. The fourth-order valence-electron chi connectivity index (χ4n) is 0.431. The van der Waals surface area contributed by atoms with Gasteiger partial charge in [-0.15, -0.1) is 0 Å². The van der Waals surface area contributed by atoms with E-state index in [0.717, 1.165) is 6.54 Å². The molecule has 0 unspecified atom stereocenters. The summed E-state index contributed by atoms with van der Waals surface area (Å²) in [4.78, 5) is 0. The molecule has 0 radical (unpaired) electrons. The zero-order chi connectivity index (χ0) is 6.62. The van der Waals surface area contributed by atoms with Crippen molar-refractivity contribution in [1.29, 1.82) is 0 Å². The lowest BCUT2D eigenvalue weighted by molar-refractivity contribution is 1.02. The van der Waals surface area contributed by atoms with Crippen LogP contribution in [0.3, 0.4) is 0 Å². The first kappa shape index (κ1) is 8.05. The van der Waals surface area contributed by atoms with Gasteiger partial charge in [0.25, 0.3) is 0 Å². The summed E-state index contributed by atoms with van der Waals surface area (Å²) in [6.45, 7) is 6.87. The molecule has 0 aliphatic carbocycles. The Morgan fingerprint density at radius 3 is 2.25 bits per heavy atom. The van der Waals surface area contributed by atoms with E-state index in [1.165, 1.54) is 0 Å². The number of rotatable bonds is 3. The topological polar surface area (TPSA) is 12.0 Å². The molecule has 0 aromatic carbocycles. The van der Waals surface area contributed by atoms with Crippen molar-refractivity contribution in [3.63, 3.8) is 0 Å². The van der Waals surface area contributed by atoms with Gasteiger partial charge in [-0.05, 0) is 17.9 Å².